The lowest BCUT2D eigenvalue weighted by molar-refractivity contribution is -0.893. The molecule has 1 aliphatic heterocycles. The number of ether oxygens (including phenoxy) is 2. The van der Waals surface area contributed by atoms with Gasteiger partial charge in [0.15, 0.2) is 6.29 Å². The van der Waals surface area contributed by atoms with Gasteiger partial charge in [-0.1, -0.05) is 71.1 Å². The molecule has 0 saturated carbocycles. The molecule has 0 aromatic rings. The Hall–Kier alpha value is -0.160. The number of likely N-dealkylation sites (N-methyl/N-ethyl adjacent to an activating group) is 1. The Kier molecular flexibility index (Phi) is 12.8. The van der Waals surface area contributed by atoms with Crippen LogP contribution in [0.15, 0.2) is 0 Å². The highest BCUT2D eigenvalue weighted by molar-refractivity contribution is 4.65. The van der Waals surface area contributed by atoms with Crippen LogP contribution < -0.4 is 0 Å². The van der Waals surface area contributed by atoms with E-state index < -0.39 is 0 Å². The molecule has 4 nitrogen and oxygen atoms in total. The van der Waals surface area contributed by atoms with Crippen molar-refractivity contribution in [2.75, 3.05) is 40.4 Å². The van der Waals surface area contributed by atoms with Crippen LogP contribution in [-0.2, 0) is 9.47 Å². The molecule has 1 aliphatic rings. The van der Waals surface area contributed by atoms with Gasteiger partial charge >= 0.3 is 0 Å². The Labute approximate surface area is 156 Å². The standard InChI is InChI=1S/C21H44NO3/c1-4-5-6-7-8-9-10-11-12-13-14-15-21-24-19-20(25-21)18-22(2,3)16-17-23/h20-21,23H,4-19H2,1-3H3/q+1/t20-,21+/m1/s1. The van der Waals surface area contributed by atoms with Crippen LogP contribution in [-0.4, -0.2) is 62.4 Å². The van der Waals surface area contributed by atoms with Gasteiger partial charge in [-0.2, -0.15) is 0 Å². The summed E-state index contributed by atoms with van der Waals surface area (Å²) in [6.07, 6.45) is 16.3. The molecule has 25 heavy (non-hydrogen) atoms. The molecular weight excluding hydrogens is 314 g/mol. The number of aliphatic hydroxyl groups excluding tert-OH is 1. The van der Waals surface area contributed by atoms with E-state index >= 15 is 0 Å². The van der Waals surface area contributed by atoms with Crippen LogP contribution in [0.1, 0.15) is 84.0 Å². The van der Waals surface area contributed by atoms with E-state index in [-0.39, 0.29) is 19.0 Å². The van der Waals surface area contributed by atoms with E-state index in [1.54, 1.807) is 0 Å². The van der Waals surface area contributed by atoms with E-state index in [1.807, 2.05) is 0 Å². The Morgan fingerprint density at radius 1 is 0.880 bits per heavy atom. The van der Waals surface area contributed by atoms with Crippen molar-refractivity contribution in [3.05, 3.63) is 0 Å². The molecule has 0 aliphatic carbocycles. The summed E-state index contributed by atoms with van der Waals surface area (Å²) in [6.45, 7) is 4.89. The van der Waals surface area contributed by atoms with Gasteiger partial charge in [0.2, 0.25) is 0 Å². The summed E-state index contributed by atoms with van der Waals surface area (Å²) in [7, 11) is 4.27. The summed E-state index contributed by atoms with van der Waals surface area (Å²) < 4.78 is 12.6. The van der Waals surface area contributed by atoms with Crippen LogP contribution in [0.4, 0.5) is 0 Å². The largest absolute Gasteiger partial charge is 0.391 e. The Balaban J connectivity index is 1.91. The summed E-state index contributed by atoms with van der Waals surface area (Å²) in [4.78, 5) is 0. The SMILES string of the molecule is CCCCCCCCCCCCC[C@H]1OC[C@@H](C[N+](C)(C)CCO)O1. The van der Waals surface area contributed by atoms with Crippen molar-refractivity contribution >= 4 is 0 Å². The van der Waals surface area contributed by atoms with Gasteiger partial charge in [-0.05, 0) is 12.8 Å². The maximum Gasteiger partial charge on any atom is 0.158 e. The summed E-state index contributed by atoms with van der Waals surface area (Å²) in [6, 6.07) is 0. The van der Waals surface area contributed by atoms with Crippen molar-refractivity contribution in [3.63, 3.8) is 0 Å². The topological polar surface area (TPSA) is 38.7 Å². The monoisotopic (exact) mass is 358 g/mol. The fourth-order valence-electron chi connectivity index (χ4n) is 3.64. The molecule has 0 amide bonds. The molecule has 0 aromatic heterocycles. The van der Waals surface area contributed by atoms with E-state index in [0.29, 0.717) is 6.61 Å². The minimum Gasteiger partial charge on any atom is -0.391 e. The second-order valence-corrected chi connectivity index (χ2v) is 8.41. The van der Waals surface area contributed by atoms with E-state index in [0.717, 1.165) is 24.0 Å². The van der Waals surface area contributed by atoms with Gasteiger partial charge < -0.3 is 19.1 Å². The molecule has 0 aromatic carbocycles. The van der Waals surface area contributed by atoms with Gasteiger partial charge in [0, 0.05) is 0 Å². The number of nitrogens with zero attached hydrogens (tertiary/aromatic N) is 1. The third kappa shape index (κ3) is 12.0. The van der Waals surface area contributed by atoms with Crippen molar-refractivity contribution in [3.8, 4) is 0 Å². The third-order valence-electron chi connectivity index (χ3n) is 5.26. The fraction of sp³-hybridized carbons (Fsp3) is 1.00. The third-order valence-corrected chi connectivity index (χ3v) is 5.26. The van der Waals surface area contributed by atoms with Crippen LogP contribution in [0.2, 0.25) is 0 Å². The van der Waals surface area contributed by atoms with Gasteiger partial charge in [-0.3, -0.25) is 0 Å². The summed E-state index contributed by atoms with van der Waals surface area (Å²) in [5, 5.41) is 9.11. The highest BCUT2D eigenvalue weighted by Crippen LogP contribution is 2.20. The summed E-state index contributed by atoms with van der Waals surface area (Å²) in [5.41, 5.74) is 0. The molecule has 0 radical (unpaired) electrons. The van der Waals surface area contributed by atoms with Crippen LogP contribution in [0, 0.1) is 0 Å². The molecule has 1 saturated heterocycles. The molecule has 1 heterocycles. The fourth-order valence-corrected chi connectivity index (χ4v) is 3.64. The summed E-state index contributed by atoms with van der Waals surface area (Å²) in [5.74, 6) is 0. The zero-order chi connectivity index (χ0) is 18.4. The highest BCUT2D eigenvalue weighted by atomic mass is 16.7. The summed E-state index contributed by atoms with van der Waals surface area (Å²) >= 11 is 0. The minimum absolute atomic E-state index is 0.00214. The minimum atomic E-state index is -0.00214. The molecule has 0 unspecified atom stereocenters. The zero-order valence-electron chi connectivity index (χ0n) is 17.2. The van der Waals surface area contributed by atoms with Crippen molar-refractivity contribution < 1.29 is 19.1 Å². The quantitative estimate of drug-likeness (QED) is 0.326. The average molecular weight is 359 g/mol. The Bertz CT molecular complexity index is 310. The normalized spacial score (nSPS) is 21.1. The lowest BCUT2D eigenvalue weighted by Crippen LogP contribution is -2.47. The van der Waals surface area contributed by atoms with Crippen molar-refractivity contribution in [1.29, 1.82) is 0 Å². The first-order valence-electron chi connectivity index (χ1n) is 10.8. The lowest BCUT2D eigenvalue weighted by atomic mass is 10.1. The predicted octanol–water partition coefficient (Wildman–Crippen LogP) is 4.50. The first-order valence-corrected chi connectivity index (χ1v) is 10.8. The van der Waals surface area contributed by atoms with Gasteiger partial charge in [0.1, 0.15) is 19.2 Å². The zero-order valence-corrected chi connectivity index (χ0v) is 17.2. The van der Waals surface area contributed by atoms with Crippen LogP contribution >= 0.6 is 0 Å². The van der Waals surface area contributed by atoms with E-state index in [1.165, 1.54) is 70.6 Å². The first kappa shape index (κ1) is 22.9. The van der Waals surface area contributed by atoms with Crippen molar-refractivity contribution in [2.45, 2.75) is 96.4 Å². The van der Waals surface area contributed by atoms with E-state index in [9.17, 15) is 0 Å². The number of hydrogen-bond donors (Lipinski definition) is 1. The molecule has 1 N–H and O–H groups in total. The van der Waals surface area contributed by atoms with Gasteiger partial charge in [0.05, 0.1) is 27.3 Å². The number of hydrogen-bond acceptors (Lipinski definition) is 3. The number of rotatable bonds is 16. The molecule has 150 valence electrons. The van der Waals surface area contributed by atoms with E-state index in [2.05, 4.69) is 21.0 Å². The molecule has 4 heteroatoms. The number of unbranched alkanes of at least 4 members (excludes halogenated alkanes) is 10. The predicted molar refractivity (Wildman–Crippen MR) is 105 cm³/mol. The van der Waals surface area contributed by atoms with Crippen LogP contribution in [0.25, 0.3) is 0 Å². The molecule has 1 rings (SSSR count). The molecular formula is C21H44NO3+. The average Bonchev–Trinajstić information content (AvgIpc) is 2.99. The first-order chi connectivity index (χ1) is 12.1. The lowest BCUT2D eigenvalue weighted by Gasteiger charge is -2.30. The second kappa shape index (κ2) is 14.0. The van der Waals surface area contributed by atoms with Gasteiger partial charge in [0.25, 0.3) is 0 Å². The molecule has 0 spiro atoms. The Morgan fingerprint density at radius 2 is 1.44 bits per heavy atom. The maximum absolute atomic E-state index is 9.11. The van der Waals surface area contributed by atoms with Gasteiger partial charge in [-0.25, -0.2) is 0 Å². The second-order valence-electron chi connectivity index (χ2n) is 8.41. The molecule has 1 fully saturated rings. The number of quaternary nitrogens is 1. The highest BCUT2D eigenvalue weighted by Gasteiger charge is 2.31. The Morgan fingerprint density at radius 3 is 2.00 bits per heavy atom. The van der Waals surface area contributed by atoms with E-state index in [4.69, 9.17) is 14.6 Å². The van der Waals surface area contributed by atoms with Crippen molar-refractivity contribution in [2.24, 2.45) is 0 Å². The van der Waals surface area contributed by atoms with Crippen molar-refractivity contribution in [1.82, 2.24) is 0 Å². The molecule has 0 bridgehead atoms. The number of aliphatic hydroxyl groups is 1. The molecule has 2 atom stereocenters. The smallest absolute Gasteiger partial charge is 0.158 e. The van der Waals surface area contributed by atoms with Crippen LogP contribution in [0.5, 0.6) is 0 Å². The van der Waals surface area contributed by atoms with Crippen LogP contribution in [0.3, 0.4) is 0 Å². The maximum atomic E-state index is 9.11. The van der Waals surface area contributed by atoms with Gasteiger partial charge in [-0.15, -0.1) is 0 Å².